The van der Waals surface area contributed by atoms with Gasteiger partial charge in [0.25, 0.3) is 11.8 Å². The minimum Gasteiger partial charge on any atom is -0.466 e. The molecule has 0 radical (unpaired) electrons. The average Bonchev–Trinajstić information content (AvgIpc) is 4.10. The molecule has 6 heterocycles. The number of halogens is 8. The lowest BCUT2D eigenvalue weighted by Gasteiger charge is -2.37. The number of aliphatic hydroxyl groups is 1. The molecular formula is C45H43Br2F6N9O6S2. The van der Waals surface area contributed by atoms with E-state index in [2.05, 4.69) is 47.5 Å². The molecule has 2 aromatic heterocycles. The number of amidine groups is 2. The average molecular weight is 1140 g/mol. The minimum atomic E-state index is -3.30. The fraction of sp³-hybridized carbons (Fsp3) is 0.400. The molecule has 2 saturated heterocycles. The van der Waals surface area contributed by atoms with E-state index in [0.29, 0.717) is 10.6 Å². The number of hydrogen-bond acceptors (Lipinski definition) is 16. The summed E-state index contributed by atoms with van der Waals surface area (Å²) in [6.45, 7) is 0.527. The van der Waals surface area contributed by atoms with Crippen LogP contribution in [-0.4, -0.2) is 124 Å². The summed E-state index contributed by atoms with van der Waals surface area (Å²) in [6.07, 6.45) is -0.375. The summed E-state index contributed by atoms with van der Waals surface area (Å²) in [5, 5.41) is 22.3. The lowest BCUT2D eigenvalue weighted by atomic mass is 9.88. The van der Waals surface area contributed by atoms with E-state index in [1.54, 1.807) is 23.9 Å². The van der Waals surface area contributed by atoms with Gasteiger partial charge >= 0.3 is 11.9 Å². The first kappa shape index (κ1) is 51.3. The highest BCUT2D eigenvalue weighted by atomic mass is 79.9. The van der Waals surface area contributed by atoms with Crippen LogP contribution >= 0.6 is 54.5 Å². The number of hydrogen-bond donors (Lipinski definition) is 4. The molecule has 0 bridgehead atoms. The number of likely N-dealkylation sites (tertiary alicyclic amines) is 2. The normalized spacial score (nSPS) is 23.3. The number of primary amides is 1. The number of nitrogens with zero attached hydrogens (tertiary/aromatic N) is 6. The van der Waals surface area contributed by atoms with Gasteiger partial charge in [0.2, 0.25) is 5.91 Å². The lowest BCUT2D eigenvalue weighted by molar-refractivity contribution is -0.139. The van der Waals surface area contributed by atoms with E-state index in [9.17, 15) is 37.1 Å². The Labute approximate surface area is 421 Å². The second-order valence-electron chi connectivity index (χ2n) is 17.2. The number of esters is 2. The number of amides is 1. The highest BCUT2D eigenvalue weighted by molar-refractivity contribution is 9.10. The number of carbonyl (C=O) groups excluding carboxylic acids is 3. The van der Waals surface area contributed by atoms with Crippen LogP contribution in [0.3, 0.4) is 0 Å². The number of aromatic nitrogens is 2. The number of nitrogens with two attached hydrogens (primary N) is 1. The molecule has 0 spiro atoms. The van der Waals surface area contributed by atoms with Crippen molar-refractivity contribution in [2.75, 3.05) is 39.9 Å². The quantitative estimate of drug-likeness (QED) is 0.0725. The van der Waals surface area contributed by atoms with Gasteiger partial charge < -0.3 is 30.9 Å². The molecule has 1 amide bonds. The van der Waals surface area contributed by atoms with Crippen molar-refractivity contribution in [3.05, 3.63) is 123 Å². The van der Waals surface area contributed by atoms with Crippen LogP contribution in [0, 0.1) is 11.6 Å². The van der Waals surface area contributed by atoms with E-state index in [-0.39, 0.29) is 79.0 Å². The van der Waals surface area contributed by atoms with Crippen LogP contribution in [0.5, 0.6) is 0 Å². The van der Waals surface area contributed by atoms with Crippen molar-refractivity contribution in [3.63, 3.8) is 0 Å². The first-order valence-corrected chi connectivity index (χ1v) is 24.8. The Kier molecular flexibility index (Phi) is 14.8. The smallest absolute Gasteiger partial charge is 0.338 e. The van der Waals surface area contributed by atoms with Gasteiger partial charge in [-0.1, -0.05) is 44.0 Å². The van der Waals surface area contributed by atoms with E-state index in [1.807, 2.05) is 0 Å². The topological polar surface area (TPSA) is 197 Å². The molecule has 4 aromatic rings. The van der Waals surface area contributed by atoms with Crippen molar-refractivity contribution >= 4 is 84.1 Å². The third kappa shape index (κ3) is 10.9. The monoisotopic (exact) mass is 1140 g/mol. The first-order chi connectivity index (χ1) is 33.1. The van der Waals surface area contributed by atoms with Gasteiger partial charge in [0.1, 0.15) is 23.7 Å². The maximum atomic E-state index is 15.7. The molecule has 372 valence electrons. The Hall–Kier alpha value is -5.05. The Bertz CT molecular complexity index is 2840. The molecule has 5 atom stereocenters. The predicted molar refractivity (Wildman–Crippen MR) is 253 cm³/mol. The number of methoxy groups -OCH3 is 1. The molecule has 2 unspecified atom stereocenters. The van der Waals surface area contributed by atoms with Crippen LogP contribution in [0.1, 0.15) is 65.6 Å². The highest BCUT2D eigenvalue weighted by Crippen LogP contribution is 2.43. The second-order valence-corrected chi connectivity index (χ2v) is 20.7. The SMILES string of the molecule is CCOC(=O)C1=C(CN2CC(F)(F)C[C@H]2[C@@](C)(O)Cc2csc(C3=NC(c4ccc(F)cc4Br)C(C(=O)OC)=C(CN4CC(F)(F)C[C@H]4C(N)=O)N3)n2)NC(c2nccs2)=NC1c1ccc(F)cc1Br. The summed E-state index contributed by atoms with van der Waals surface area (Å²) in [5.74, 6) is -10.2. The van der Waals surface area contributed by atoms with E-state index < -0.39 is 104 Å². The Morgan fingerprint density at radius 3 is 1.97 bits per heavy atom. The number of alkyl halides is 4. The van der Waals surface area contributed by atoms with E-state index in [4.69, 9.17) is 30.2 Å². The summed E-state index contributed by atoms with van der Waals surface area (Å²) >= 11 is 9.00. The molecule has 2 fully saturated rings. The number of benzene rings is 2. The van der Waals surface area contributed by atoms with Crippen molar-refractivity contribution in [2.45, 2.75) is 74.7 Å². The Balaban J connectivity index is 1.12. The number of carbonyl (C=O) groups is 3. The van der Waals surface area contributed by atoms with Gasteiger partial charge in [-0.3, -0.25) is 24.6 Å². The van der Waals surface area contributed by atoms with Gasteiger partial charge in [0.05, 0.1) is 55.3 Å². The molecule has 0 saturated carbocycles. The molecule has 4 aliphatic rings. The fourth-order valence-corrected chi connectivity index (χ4v) is 11.6. The van der Waals surface area contributed by atoms with E-state index in [0.717, 1.165) is 35.5 Å². The number of rotatable bonds is 15. The van der Waals surface area contributed by atoms with Crippen molar-refractivity contribution in [1.29, 1.82) is 0 Å². The van der Waals surface area contributed by atoms with Crippen LogP contribution in [-0.2, 0) is 30.3 Å². The van der Waals surface area contributed by atoms with Crippen molar-refractivity contribution in [2.24, 2.45) is 15.7 Å². The molecular weight excluding hydrogens is 1100 g/mol. The van der Waals surface area contributed by atoms with E-state index >= 15 is 8.78 Å². The van der Waals surface area contributed by atoms with Crippen molar-refractivity contribution in [3.8, 4) is 0 Å². The first-order valence-electron chi connectivity index (χ1n) is 21.5. The van der Waals surface area contributed by atoms with Crippen LogP contribution < -0.4 is 16.4 Å². The third-order valence-corrected chi connectivity index (χ3v) is 15.1. The lowest BCUT2D eigenvalue weighted by Crippen LogP contribution is -2.51. The van der Waals surface area contributed by atoms with Gasteiger partial charge in [-0.05, 0) is 49.2 Å². The molecule has 5 N–H and O–H groups in total. The maximum absolute atomic E-state index is 15.7. The maximum Gasteiger partial charge on any atom is 0.338 e. The van der Waals surface area contributed by atoms with Crippen LogP contribution in [0.4, 0.5) is 26.3 Å². The summed E-state index contributed by atoms with van der Waals surface area (Å²) in [7, 11) is 1.11. The Morgan fingerprint density at radius 2 is 1.43 bits per heavy atom. The summed E-state index contributed by atoms with van der Waals surface area (Å²) in [6, 6.07) is 2.57. The van der Waals surface area contributed by atoms with E-state index in [1.165, 1.54) is 47.4 Å². The largest absolute Gasteiger partial charge is 0.466 e. The zero-order valence-electron chi connectivity index (χ0n) is 37.3. The summed E-state index contributed by atoms with van der Waals surface area (Å²) in [5.41, 5.74) is 4.54. The minimum absolute atomic E-state index is 0.0134. The number of ether oxygens (including phenoxy) is 2. The zero-order valence-corrected chi connectivity index (χ0v) is 42.1. The standard InChI is InChI=1S/C45H43Br2F6N9O6S2/c1-4-68-42(65)33-29(57-37(39-55-9-10-69-39)59-35(33)25-8-6-22(49)12-27(25)47)17-62-20-45(52,53)15-31(62)43(2,66)13-23-18-70-40(56-23)38-58-28(16-61-19-44(50,51)14-30(61)36(54)63)32(41(64)67-3)34(60-38)24-7-5-21(48)11-26(24)46/h5-12,18,30-31,34-35,66H,4,13-17,19-20H2,1-3H3,(H2,54,63)(H,57,59)(H,58,60)/t30-,31-,34?,35?,43-/m0/s1. The molecule has 25 heteroatoms. The van der Waals surface area contributed by atoms with Gasteiger partial charge in [-0.15, -0.1) is 22.7 Å². The second kappa shape index (κ2) is 20.2. The summed E-state index contributed by atoms with van der Waals surface area (Å²) < 4.78 is 101. The molecule has 70 heavy (non-hydrogen) atoms. The summed E-state index contributed by atoms with van der Waals surface area (Å²) in [4.78, 5) is 60.9. The molecule has 2 aromatic carbocycles. The van der Waals surface area contributed by atoms with Crippen molar-refractivity contribution in [1.82, 2.24) is 30.4 Å². The van der Waals surface area contributed by atoms with Crippen molar-refractivity contribution < 1.29 is 55.3 Å². The van der Waals surface area contributed by atoms with Gasteiger partial charge in [0, 0.05) is 75.7 Å². The van der Waals surface area contributed by atoms with Crippen LogP contribution in [0.2, 0.25) is 0 Å². The van der Waals surface area contributed by atoms with Crippen LogP contribution in [0.15, 0.2) is 94.8 Å². The molecule has 15 nitrogen and oxygen atoms in total. The third-order valence-electron chi connectivity index (χ3n) is 12.1. The van der Waals surface area contributed by atoms with Crippen LogP contribution in [0.25, 0.3) is 0 Å². The zero-order chi connectivity index (χ0) is 50.4. The molecule has 8 rings (SSSR count). The fourth-order valence-electron chi connectivity index (χ4n) is 9.08. The van der Waals surface area contributed by atoms with Gasteiger partial charge in [-0.2, -0.15) is 0 Å². The highest BCUT2D eigenvalue weighted by Gasteiger charge is 2.53. The number of thiazole rings is 2. The predicted octanol–water partition coefficient (Wildman–Crippen LogP) is 6.73. The number of nitrogens with one attached hydrogen (secondary N) is 2. The molecule has 4 aliphatic heterocycles. The van der Waals surface area contributed by atoms with Gasteiger partial charge in [0.15, 0.2) is 21.7 Å². The van der Waals surface area contributed by atoms with Gasteiger partial charge in [-0.25, -0.2) is 45.9 Å². The molecule has 0 aliphatic carbocycles. The number of aliphatic imine (C=N–C) groups is 2. The Morgan fingerprint density at radius 1 is 0.871 bits per heavy atom.